The zero-order valence-corrected chi connectivity index (χ0v) is 13.2. The van der Waals surface area contributed by atoms with E-state index in [2.05, 4.69) is 21.2 Å². The molecule has 1 heterocycles. The van der Waals surface area contributed by atoms with E-state index in [9.17, 15) is 13.2 Å². The van der Waals surface area contributed by atoms with Gasteiger partial charge in [0.05, 0.1) is 12.1 Å². The van der Waals surface area contributed by atoms with E-state index in [1.807, 2.05) is 24.3 Å². The van der Waals surface area contributed by atoms with Crippen LogP contribution >= 0.6 is 28.1 Å². The Morgan fingerprint density at radius 3 is 2.50 bits per heavy atom. The normalized spacial score (nSPS) is 31.0. The fourth-order valence-corrected chi connectivity index (χ4v) is 2.76. The fourth-order valence-electron chi connectivity index (χ4n) is 1.96. The number of rotatable bonds is 1. The van der Waals surface area contributed by atoms with Crippen molar-refractivity contribution in [2.75, 3.05) is 6.61 Å². The monoisotopic (exact) mass is 367 g/mol. The Labute approximate surface area is 128 Å². The van der Waals surface area contributed by atoms with Crippen LogP contribution in [-0.2, 0) is 10.3 Å². The number of thiocarbonyl (C=S) groups is 1. The maximum absolute atomic E-state index is 13.0. The van der Waals surface area contributed by atoms with Gasteiger partial charge in [0.25, 0.3) is 0 Å². The maximum Gasteiger partial charge on any atom is 0.423 e. The van der Waals surface area contributed by atoms with Crippen molar-refractivity contribution >= 4 is 33.1 Å². The third-order valence-electron chi connectivity index (χ3n) is 3.47. The first kappa shape index (κ1) is 15.7. The SMILES string of the molecule is C[C@@]1(c2cccc(Br)c2)CO[C@@](C)(C(F)(F)F)C(=S)N1. The van der Waals surface area contributed by atoms with Crippen molar-refractivity contribution in [2.45, 2.75) is 31.2 Å². The Morgan fingerprint density at radius 2 is 2.00 bits per heavy atom. The van der Waals surface area contributed by atoms with Gasteiger partial charge in [-0.2, -0.15) is 13.2 Å². The van der Waals surface area contributed by atoms with Gasteiger partial charge in [-0.15, -0.1) is 0 Å². The number of alkyl halides is 3. The minimum atomic E-state index is -4.55. The summed E-state index contributed by atoms with van der Waals surface area (Å²) in [5.74, 6) is 0. The molecular formula is C13H13BrF3NOS. The highest BCUT2D eigenvalue weighted by Gasteiger charge is 2.59. The number of halogens is 4. The average Bonchev–Trinajstić information content (AvgIpc) is 2.33. The van der Waals surface area contributed by atoms with Gasteiger partial charge in [0.2, 0.25) is 5.60 Å². The topological polar surface area (TPSA) is 21.3 Å². The molecule has 2 atom stereocenters. The molecule has 0 aliphatic carbocycles. The number of hydrogen-bond acceptors (Lipinski definition) is 2. The van der Waals surface area contributed by atoms with Crippen LogP contribution in [-0.4, -0.2) is 23.4 Å². The molecule has 0 aromatic heterocycles. The van der Waals surface area contributed by atoms with Gasteiger partial charge >= 0.3 is 6.18 Å². The van der Waals surface area contributed by atoms with Crippen LogP contribution in [0.15, 0.2) is 28.7 Å². The van der Waals surface area contributed by atoms with Gasteiger partial charge in [-0.3, -0.25) is 0 Å². The molecule has 110 valence electrons. The Bertz CT molecular complexity index is 551. The molecule has 1 saturated heterocycles. The van der Waals surface area contributed by atoms with Crippen LogP contribution in [0.25, 0.3) is 0 Å². The van der Waals surface area contributed by atoms with Crippen LogP contribution < -0.4 is 5.32 Å². The molecule has 0 radical (unpaired) electrons. The summed E-state index contributed by atoms with van der Waals surface area (Å²) < 4.78 is 45.1. The first-order valence-electron chi connectivity index (χ1n) is 5.88. The number of ether oxygens (including phenoxy) is 1. The van der Waals surface area contributed by atoms with E-state index in [0.717, 1.165) is 17.0 Å². The van der Waals surface area contributed by atoms with E-state index in [1.54, 1.807) is 6.92 Å². The quantitative estimate of drug-likeness (QED) is 0.759. The fraction of sp³-hybridized carbons (Fsp3) is 0.462. The zero-order chi connectivity index (χ0) is 15.2. The van der Waals surface area contributed by atoms with Crippen LogP contribution in [0.2, 0.25) is 0 Å². The Kier molecular flexibility index (Phi) is 3.90. The molecule has 0 amide bonds. The minimum Gasteiger partial charge on any atom is -0.365 e. The molecule has 1 aromatic carbocycles. The van der Waals surface area contributed by atoms with Crippen molar-refractivity contribution in [2.24, 2.45) is 0 Å². The first-order chi connectivity index (χ1) is 9.08. The molecule has 1 aromatic rings. The Hall–Kier alpha value is -0.660. The molecule has 7 heteroatoms. The van der Waals surface area contributed by atoms with Crippen molar-refractivity contribution < 1.29 is 17.9 Å². The second kappa shape index (κ2) is 4.96. The van der Waals surface area contributed by atoms with Gasteiger partial charge in [-0.05, 0) is 31.5 Å². The average molecular weight is 368 g/mol. The van der Waals surface area contributed by atoms with E-state index >= 15 is 0 Å². The summed E-state index contributed by atoms with van der Waals surface area (Å²) in [4.78, 5) is -0.348. The van der Waals surface area contributed by atoms with E-state index < -0.39 is 17.3 Å². The molecule has 2 nitrogen and oxygen atoms in total. The van der Waals surface area contributed by atoms with Crippen molar-refractivity contribution in [3.63, 3.8) is 0 Å². The number of morpholine rings is 1. The molecule has 0 unspecified atom stereocenters. The summed E-state index contributed by atoms with van der Waals surface area (Å²) in [6.07, 6.45) is -4.55. The molecule has 2 rings (SSSR count). The molecule has 1 aliphatic heterocycles. The van der Waals surface area contributed by atoms with Crippen LogP contribution in [0, 0.1) is 0 Å². The lowest BCUT2D eigenvalue weighted by atomic mass is 9.89. The van der Waals surface area contributed by atoms with Crippen LogP contribution in [0.3, 0.4) is 0 Å². The number of benzene rings is 1. The Balaban J connectivity index is 2.31. The predicted octanol–water partition coefficient (Wildman–Crippen LogP) is 3.93. The highest BCUT2D eigenvalue weighted by molar-refractivity contribution is 9.10. The van der Waals surface area contributed by atoms with Crippen molar-refractivity contribution in [1.82, 2.24) is 5.32 Å². The second-order valence-corrected chi connectivity index (χ2v) is 6.44. The summed E-state index contributed by atoms with van der Waals surface area (Å²) in [6, 6.07) is 7.30. The largest absolute Gasteiger partial charge is 0.423 e. The van der Waals surface area contributed by atoms with Crippen LogP contribution in [0.1, 0.15) is 19.4 Å². The van der Waals surface area contributed by atoms with Crippen LogP contribution in [0.4, 0.5) is 13.2 Å². The van der Waals surface area contributed by atoms with E-state index in [0.29, 0.717) is 0 Å². The van der Waals surface area contributed by atoms with Gasteiger partial charge in [0.15, 0.2) is 0 Å². The number of nitrogens with one attached hydrogen (secondary N) is 1. The van der Waals surface area contributed by atoms with Crippen molar-refractivity contribution in [3.05, 3.63) is 34.3 Å². The van der Waals surface area contributed by atoms with Gasteiger partial charge in [0.1, 0.15) is 4.99 Å². The summed E-state index contributed by atoms with van der Waals surface area (Å²) in [6.45, 7) is 2.58. The maximum atomic E-state index is 13.0. The number of hydrogen-bond donors (Lipinski definition) is 1. The van der Waals surface area contributed by atoms with Crippen LogP contribution in [0.5, 0.6) is 0 Å². The van der Waals surface area contributed by atoms with Gasteiger partial charge < -0.3 is 10.1 Å². The first-order valence-corrected chi connectivity index (χ1v) is 7.08. The third kappa shape index (κ3) is 2.58. The van der Waals surface area contributed by atoms with E-state index in [1.165, 1.54) is 0 Å². The molecule has 0 spiro atoms. The lowest BCUT2D eigenvalue weighted by Crippen LogP contribution is -2.66. The molecule has 1 aliphatic rings. The smallest absolute Gasteiger partial charge is 0.365 e. The lowest BCUT2D eigenvalue weighted by Gasteiger charge is -2.45. The Morgan fingerprint density at radius 1 is 1.35 bits per heavy atom. The van der Waals surface area contributed by atoms with E-state index in [-0.39, 0.29) is 11.6 Å². The lowest BCUT2D eigenvalue weighted by molar-refractivity contribution is -0.252. The second-order valence-electron chi connectivity index (χ2n) is 5.12. The summed E-state index contributed by atoms with van der Waals surface area (Å²) in [5.41, 5.74) is -2.42. The van der Waals surface area contributed by atoms with Crippen molar-refractivity contribution in [1.29, 1.82) is 0 Å². The highest BCUT2D eigenvalue weighted by Crippen LogP contribution is 2.40. The zero-order valence-electron chi connectivity index (χ0n) is 10.8. The van der Waals surface area contributed by atoms with Gasteiger partial charge in [-0.25, -0.2) is 0 Å². The molecule has 1 N–H and O–H groups in total. The standard InChI is InChI=1S/C13H13BrF3NOS/c1-11(8-4-3-5-9(14)6-8)7-19-12(2,10(20)18-11)13(15,16)17/h3-6H,7H2,1-2H3,(H,18,20)/t11-,12+/m0/s1. The summed E-state index contributed by atoms with van der Waals surface area (Å²) in [7, 11) is 0. The highest BCUT2D eigenvalue weighted by atomic mass is 79.9. The predicted molar refractivity (Wildman–Crippen MR) is 77.6 cm³/mol. The minimum absolute atomic E-state index is 0.125. The van der Waals surface area contributed by atoms with Gasteiger partial charge in [0, 0.05) is 4.47 Å². The molecule has 1 fully saturated rings. The summed E-state index contributed by atoms with van der Waals surface area (Å²) in [5, 5.41) is 2.80. The molecule has 0 bridgehead atoms. The van der Waals surface area contributed by atoms with Gasteiger partial charge in [-0.1, -0.05) is 40.3 Å². The molecule has 0 saturated carbocycles. The summed E-state index contributed by atoms with van der Waals surface area (Å²) >= 11 is 8.24. The van der Waals surface area contributed by atoms with E-state index in [4.69, 9.17) is 17.0 Å². The van der Waals surface area contributed by atoms with Crippen molar-refractivity contribution in [3.8, 4) is 0 Å². The third-order valence-corrected chi connectivity index (χ3v) is 4.46. The molecular weight excluding hydrogens is 355 g/mol. The molecule has 20 heavy (non-hydrogen) atoms.